The third-order valence-electron chi connectivity index (χ3n) is 5.39. The van der Waals surface area contributed by atoms with Crippen LogP contribution in [0.25, 0.3) is 0 Å². The summed E-state index contributed by atoms with van der Waals surface area (Å²) in [7, 11) is 0. The van der Waals surface area contributed by atoms with Gasteiger partial charge in [0.15, 0.2) is 0 Å². The van der Waals surface area contributed by atoms with Crippen LogP contribution in [0.5, 0.6) is 5.75 Å². The Balaban J connectivity index is 1.41. The maximum Gasteiger partial charge on any atom is 0.262 e. The predicted molar refractivity (Wildman–Crippen MR) is 134 cm³/mol. The summed E-state index contributed by atoms with van der Waals surface area (Å²) in [6.07, 6.45) is 1.65. The molecular formula is C26H27N3O6S. The average molecular weight is 510 g/mol. The number of carbonyl (C=O) groups excluding carboxylic acids is 4. The molecule has 4 amide bonds. The lowest BCUT2D eigenvalue weighted by molar-refractivity contribution is -0.128. The number of rotatable bonds is 12. The highest BCUT2D eigenvalue weighted by molar-refractivity contribution is 8.00. The van der Waals surface area contributed by atoms with E-state index in [0.29, 0.717) is 49.3 Å². The van der Waals surface area contributed by atoms with E-state index in [2.05, 4.69) is 17.2 Å². The Morgan fingerprint density at radius 3 is 2.33 bits per heavy atom. The van der Waals surface area contributed by atoms with Crippen molar-refractivity contribution in [1.29, 1.82) is 0 Å². The molecule has 2 aromatic carbocycles. The molecule has 2 aromatic rings. The number of ether oxygens (including phenoxy) is 1. The monoisotopic (exact) mass is 509 g/mol. The number of nitrogens with one attached hydrogen (secondary N) is 2. The largest absolute Gasteiger partial charge is 0.481 e. The Labute approximate surface area is 213 Å². The number of nitrogens with zero attached hydrogens (tertiary/aromatic N) is 1. The minimum Gasteiger partial charge on any atom is -0.481 e. The molecule has 0 radical (unpaired) electrons. The van der Waals surface area contributed by atoms with Crippen LogP contribution in [0.3, 0.4) is 0 Å². The van der Waals surface area contributed by atoms with Crippen molar-refractivity contribution in [2.75, 3.05) is 19.7 Å². The number of imide groups is 1. The van der Waals surface area contributed by atoms with Gasteiger partial charge >= 0.3 is 0 Å². The van der Waals surface area contributed by atoms with Gasteiger partial charge in [-0.05, 0) is 56.2 Å². The summed E-state index contributed by atoms with van der Waals surface area (Å²) in [5, 5.41) is 11.3. The number of amides is 4. The van der Waals surface area contributed by atoms with Crippen molar-refractivity contribution in [2.45, 2.75) is 36.3 Å². The van der Waals surface area contributed by atoms with Gasteiger partial charge in [0.1, 0.15) is 18.9 Å². The van der Waals surface area contributed by atoms with E-state index >= 15 is 0 Å². The van der Waals surface area contributed by atoms with Crippen LogP contribution < -0.4 is 15.5 Å². The van der Waals surface area contributed by atoms with E-state index in [4.69, 9.17) is 9.94 Å². The molecule has 1 aliphatic heterocycles. The highest BCUT2D eigenvalue weighted by Gasteiger charge is 2.36. The predicted octanol–water partition coefficient (Wildman–Crippen LogP) is 2.64. The Bertz CT molecular complexity index is 1140. The second kappa shape index (κ2) is 13.3. The molecule has 3 N–H and O–H groups in total. The van der Waals surface area contributed by atoms with Gasteiger partial charge in [-0.2, -0.15) is 0 Å². The standard InChI is InChI=1S/C26H27N3O6S/c1-2-3-16-35-18-11-13-19(14-12-18)36-22(24(31)28-34)10-6-7-15-27-23(30)17-29-25(32)20-8-4-5-9-21(20)26(29)33/h4-5,8-9,11-14,22,34H,6-7,10,15-17H2,1H3,(H,27,30)(H,28,31). The smallest absolute Gasteiger partial charge is 0.262 e. The topological polar surface area (TPSA) is 125 Å². The van der Waals surface area contributed by atoms with Crippen LogP contribution in [0.1, 0.15) is 46.9 Å². The first-order valence-corrected chi connectivity index (χ1v) is 12.3. The van der Waals surface area contributed by atoms with E-state index in [1.54, 1.807) is 48.8 Å². The van der Waals surface area contributed by atoms with Gasteiger partial charge in [0.05, 0.1) is 16.4 Å². The molecule has 188 valence electrons. The summed E-state index contributed by atoms with van der Waals surface area (Å²) in [5.74, 6) is 4.34. The number of carbonyl (C=O) groups is 4. The zero-order valence-corrected chi connectivity index (χ0v) is 20.6. The average Bonchev–Trinajstić information content (AvgIpc) is 3.13. The molecule has 0 spiro atoms. The van der Waals surface area contributed by atoms with Crippen molar-refractivity contribution < 1.29 is 29.1 Å². The third kappa shape index (κ3) is 7.10. The summed E-state index contributed by atoms with van der Waals surface area (Å²) in [6, 6.07) is 13.7. The molecule has 9 nitrogen and oxygen atoms in total. The van der Waals surface area contributed by atoms with Gasteiger partial charge < -0.3 is 10.1 Å². The van der Waals surface area contributed by atoms with Crippen LogP contribution in [0, 0.1) is 11.8 Å². The number of benzene rings is 2. The fraction of sp³-hybridized carbons (Fsp3) is 0.308. The molecule has 3 rings (SSSR count). The first-order valence-electron chi connectivity index (χ1n) is 11.4. The van der Waals surface area contributed by atoms with E-state index < -0.39 is 28.9 Å². The molecule has 36 heavy (non-hydrogen) atoms. The molecule has 0 fully saturated rings. The van der Waals surface area contributed by atoms with Crippen LogP contribution in [0.15, 0.2) is 53.4 Å². The SMILES string of the molecule is CC#CCOc1ccc(SC(CCCCNC(=O)CN2C(=O)c3ccccc3C2=O)C(=O)NO)cc1. The number of hydrogen-bond acceptors (Lipinski definition) is 7. The third-order valence-corrected chi connectivity index (χ3v) is 6.67. The van der Waals surface area contributed by atoms with Gasteiger partial charge in [-0.15, -0.1) is 17.7 Å². The van der Waals surface area contributed by atoms with Crippen LogP contribution >= 0.6 is 11.8 Å². The maximum absolute atomic E-state index is 12.4. The lowest BCUT2D eigenvalue weighted by atomic mass is 10.1. The fourth-order valence-corrected chi connectivity index (χ4v) is 4.62. The maximum atomic E-state index is 12.4. The molecule has 10 heteroatoms. The Hall–Kier alpha value is -3.81. The van der Waals surface area contributed by atoms with Gasteiger partial charge in [0.2, 0.25) is 5.91 Å². The van der Waals surface area contributed by atoms with Crippen molar-refractivity contribution in [3.63, 3.8) is 0 Å². The minimum atomic E-state index is -0.526. The van der Waals surface area contributed by atoms with E-state index in [1.807, 2.05) is 12.1 Å². The fourth-order valence-electron chi connectivity index (χ4n) is 3.55. The molecule has 0 bridgehead atoms. The number of unbranched alkanes of at least 4 members (excludes halogenated alkanes) is 1. The van der Waals surface area contributed by atoms with Crippen LogP contribution in [0.2, 0.25) is 0 Å². The van der Waals surface area contributed by atoms with Crippen molar-refractivity contribution in [3.05, 3.63) is 59.7 Å². The van der Waals surface area contributed by atoms with Crippen LogP contribution in [-0.2, 0) is 9.59 Å². The molecule has 1 heterocycles. The first-order chi connectivity index (χ1) is 17.4. The molecule has 1 aliphatic rings. The van der Waals surface area contributed by atoms with E-state index in [1.165, 1.54) is 11.8 Å². The minimum absolute atomic E-state index is 0.299. The molecule has 0 saturated carbocycles. The van der Waals surface area contributed by atoms with Crippen LogP contribution in [0.4, 0.5) is 0 Å². The van der Waals surface area contributed by atoms with Crippen molar-refractivity contribution in [1.82, 2.24) is 15.7 Å². The van der Waals surface area contributed by atoms with Crippen molar-refractivity contribution in [2.24, 2.45) is 0 Å². The van der Waals surface area contributed by atoms with Crippen molar-refractivity contribution >= 4 is 35.4 Å². The molecule has 0 aliphatic carbocycles. The molecule has 1 unspecified atom stereocenters. The Morgan fingerprint density at radius 1 is 1.06 bits per heavy atom. The second-order valence-electron chi connectivity index (χ2n) is 7.86. The lowest BCUT2D eigenvalue weighted by Gasteiger charge is -2.15. The van der Waals surface area contributed by atoms with Crippen molar-refractivity contribution in [3.8, 4) is 17.6 Å². The lowest BCUT2D eigenvalue weighted by Crippen LogP contribution is -2.40. The number of fused-ring (bicyclic) bond motifs is 1. The van der Waals surface area contributed by atoms with Gasteiger partial charge in [-0.25, -0.2) is 5.48 Å². The second-order valence-corrected chi connectivity index (χ2v) is 9.13. The normalized spacial score (nSPS) is 12.9. The van der Waals surface area contributed by atoms with Gasteiger partial charge in [-0.1, -0.05) is 24.5 Å². The quantitative estimate of drug-likeness (QED) is 0.100. The van der Waals surface area contributed by atoms with Crippen LogP contribution in [-0.4, -0.2) is 58.7 Å². The Morgan fingerprint density at radius 2 is 1.72 bits per heavy atom. The number of hydroxylamine groups is 1. The number of thioether (sulfide) groups is 1. The summed E-state index contributed by atoms with van der Waals surface area (Å²) < 4.78 is 5.48. The van der Waals surface area contributed by atoms with E-state index in [0.717, 1.165) is 9.80 Å². The summed E-state index contributed by atoms with van der Waals surface area (Å²) in [4.78, 5) is 50.9. The molecule has 0 aromatic heterocycles. The van der Waals surface area contributed by atoms with E-state index in [9.17, 15) is 19.2 Å². The zero-order chi connectivity index (χ0) is 25.9. The van der Waals surface area contributed by atoms with E-state index in [-0.39, 0.29) is 6.54 Å². The number of hydrogen-bond donors (Lipinski definition) is 3. The van der Waals surface area contributed by atoms with Gasteiger partial charge in [-0.3, -0.25) is 29.3 Å². The Kier molecular flexibility index (Phi) is 9.92. The van der Waals surface area contributed by atoms with Gasteiger partial charge in [0.25, 0.3) is 17.7 Å². The summed E-state index contributed by atoms with van der Waals surface area (Å²) in [6.45, 7) is 2.02. The molecular weight excluding hydrogens is 482 g/mol. The summed E-state index contributed by atoms with van der Waals surface area (Å²) in [5.41, 5.74) is 2.31. The highest BCUT2D eigenvalue weighted by atomic mass is 32.2. The zero-order valence-electron chi connectivity index (χ0n) is 19.8. The molecule has 1 atom stereocenters. The summed E-state index contributed by atoms with van der Waals surface area (Å²) >= 11 is 1.31. The molecule has 0 saturated heterocycles. The highest BCUT2D eigenvalue weighted by Crippen LogP contribution is 2.28. The first kappa shape index (κ1) is 26.8. The van der Waals surface area contributed by atoms with Gasteiger partial charge in [0, 0.05) is 11.4 Å².